The average Bonchev–Trinajstić information content (AvgIpc) is 2.25. The lowest BCUT2D eigenvalue weighted by atomic mass is 9.94. The summed E-state index contributed by atoms with van der Waals surface area (Å²) in [6.45, 7) is 6.48. The van der Waals surface area contributed by atoms with Crippen molar-refractivity contribution in [3.05, 3.63) is 69.2 Å². The van der Waals surface area contributed by atoms with Crippen LogP contribution in [0.2, 0.25) is 5.02 Å². The summed E-state index contributed by atoms with van der Waals surface area (Å²) < 4.78 is 0. The van der Waals surface area contributed by atoms with Crippen molar-refractivity contribution in [1.29, 1.82) is 0 Å². The van der Waals surface area contributed by atoms with E-state index in [0.29, 0.717) is 0 Å². The van der Waals surface area contributed by atoms with Gasteiger partial charge in [0.25, 0.3) is 0 Å². The molecular formula is C16H17Cl. The van der Waals surface area contributed by atoms with Crippen LogP contribution in [0.15, 0.2) is 36.4 Å². The summed E-state index contributed by atoms with van der Waals surface area (Å²) in [5, 5.41) is 0.854. The minimum atomic E-state index is 0.854. The maximum Gasteiger partial charge on any atom is 0.0441 e. The maximum atomic E-state index is 6.21. The predicted molar refractivity (Wildman–Crippen MR) is 74.9 cm³/mol. The lowest BCUT2D eigenvalue weighted by Crippen LogP contribution is -1.97. The van der Waals surface area contributed by atoms with Gasteiger partial charge in [0.2, 0.25) is 0 Å². The molecule has 2 rings (SSSR count). The van der Waals surface area contributed by atoms with Crippen molar-refractivity contribution in [2.45, 2.75) is 27.2 Å². The first-order valence-corrected chi connectivity index (χ1v) is 6.26. The van der Waals surface area contributed by atoms with Gasteiger partial charge in [0.05, 0.1) is 0 Å². The SMILES string of the molecule is Cc1cc(C)c(Cc2ccccc2Cl)c(C)c1. The number of rotatable bonds is 2. The third-order valence-corrected chi connectivity index (χ3v) is 3.53. The topological polar surface area (TPSA) is 0 Å². The smallest absolute Gasteiger partial charge is 0.0441 e. The van der Waals surface area contributed by atoms with E-state index in [1.54, 1.807) is 0 Å². The van der Waals surface area contributed by atoms with Gasteiger partial charge in [0, 0.05) is 5.02 Å². The van der Waals surface area contributed by atoms with Crippen molar-refractivity contribution in [2.75, 3.05) is 0 Å². The fourth-order valence-electron chi connectivity index (χ4n) is 2.32. The molecule has 0 nitrogen and oxygen atoms in total. The first kappa shape index (κ1) is 12.2. The fraction of sp³-hybridized carbons (Fsp3) is 0.250. The molecule has 88 valence electrons. The van der Waals surface area contributed by atoms with Crippen LogP contribution >= 0.6 is 11.6 Å². The Bertz CT molecular complexity index is 518. The van der Waals surface area contributed by atoms with Gasteiger partial charge in [-0.15, -0.1) is 0 Å². The second kappa shape index (κ2) is 4.93. The van der Waals surface area contributed by atoms with Gasteiger partial charge in [-0.2, -0.15) is 0 Å². The Hall–Kier alpha value is -1.27. The van der Waals surface area contributed by atoms with Gasteiger partial charge >= 0.3 is 0 Å². The van der Waals surface area contributed by atoms with E-state index in [2.05, 4.69) is 39.0 Å². The van der Waals surface area contributed by atoms with Crippen molar-refractivity contribution >= 4 is 11.6 Å². The van der Waals surface area contributed by atoms with Gasteiger partial charge in [-0.1, -0.05) is 47.5 Å². The lowest BCUT2D eigenvalue weighted by Gasteiger charge is -2.12. The van der Waals surface area contributed by atoms with Crippen molar-refractivity contribution in [3.8, 4) is 0 Å². The Kier molecular flexibility index (Phi) is 3.54. The molecule has 0 saturated carbocycles. The van der Waals surface area contributed by atoms with E-state index in [1.807, 2.05) is 18.2 Å². The van der Waals surface area contributed by atoms with Gasteiger partial charge in [-0.05, 0) is 55.5 Å². The summed E-state index contributed by atoms with van der Waals surface area (Å²) in [4.78, 5) is 0. The van der Waals surface area contributed by atoms with Crippen molar-refractivity contribution in [2.24, 2.45) is 0 Å². The summed E-state index contributed by atoms with van der Waals surface area (Å²) in [6, 6.07) is 12.5. The minimum absolute atomic E-state index is 0.854. The number of halogens is 1. The van der Waals surface area contributed by atoms with Gasteiger partial charge in [-0.3, -0.25) is 0 Å². The fourth-order valence-corrected chi connectivity index (χ4v) is 2.52. The molecule has 0 unspecified atom stereocenters. The number of hydrogen-bond acceptors (Lipinski definition) is 0. The van der Waals surface area contributed by atoms with Crippen molar-refractivity contribution in [1.82, 2.24) is 0 Å². The molecule has 0 aromatic heterocycles. The lowest BCUT2D eigenvalue weighted by molar-refractivity contribution is 1.11. The zero-order valence-corrected chi connectivity index (χ0v) is 11.3. The molecule has 1 heteroatoms. The van der Waals surface area contributed by atoms with Crippen LogP contribution < -0.4 is 0 Å². The van der Waals surface area contributed by atoms with E-state index in [9.17, 15) is 0 Å². The third kappa shape index (κ3) is 2.70. The molecule has 0 radical (unpaired) electrons. The second-order valence-electron chi connectivity index (χ2n) is 4.65. The normalized spacial score (nSPS) is 10.6. The summed E-state index contributed by atoms with van der Waals surface area (Å²) >= 11 is 6.21. The average molecular weight is 245 g/mol. The molecule has 0 fully saturated rings. The van der Waals surface area contributed by atoms with E-state index >= 15 is 0 Å². The molecule has 0 aliphatic carbocycles. The molecule has 2 aromatic rings. The highest BCUT2D eigenvalue weighted by molar-refractivity contribution is 6.31. The van der Waals surface area contributed by atoms with Crippen LogP contribution in [0.5, 0.6) is 0 Å². The zero-order chi connectivity index (χ0) is 12.4. The van der Waals surface area contributed by atoms with Crippen molar-refractivity contribution < 1.29 is 0 Å². The van der Waals surface area contributed by atoms with Crippen LogP contribution in [-0.4, -0.2) is 0 Å². The molecule has 0 heterocycles. The van der Waals surface area contributed by atoms with Crippen LogP contribution in [-0.2, 0) is 6.42 Å². The minimum Gasteiger partial charge on any atom is -0.0840 e. The van der Waals surface area contributed by atoms with Crippen LogP contribution in [0.1, 0.15) is 27.8 Å². The summed E-state index contributed by atoms with van der Waals surface area (Å²) in [5.74, 6) is 0. The molecule has 0 spiro atoms. The summed E-state index contributed by atoms with van der Waals surface area (Å²) in [6.07, 6.45) is 0.914. The number of aryl methyl sites for hydroxylation is 3. The van der Waals surface area contributed by atoms with Crippen LogP contribution in [0.25, 0.3) is 0 Å². The van der Waals surface area contributed by atoms with Crippen LogP contribution in [0, 0.1) is 20.8 Å². The van der Waals surface area contributed by atoms with Gasteiger partial charge in [-0.25, -0.2) is 0 Å². The monoisotopic (exact) mass is 244 g/mol. The van der Waals surface area contributed by atoms with E-state index in [4.69, 9.17) is 11.6 Å². The predicted octanol–water partition coefficient (Wildman–Crippen LogP) is 4.86. The van der Waals surface area contributed by atoms with Crippen LogP contribution in [0.4, 0.5) is 0 Å². The van der Waals surface area contributed by atoms with E-state index in [0.717, 1.165) is 11.4 Å². The Labute approximate surface area is 108 Å². The Balaban J connectivity index is 2.40. The van der Waals surface area contributed by atoms with Gasteiger partial charge in [0.1, 0.15) is 0 Å². The first-order chi connectivity index (χ1) is 8.08. The molecule has 0 atom stereocenters. The quantitative estimate of drug-likeness (QED) is 0.708. The second-order valence-corrected chi connectivity index (χ2v) is 5.05. The van der Waals surface area contributed by atoms with Crippen molar-refractivity contribution in [3.63, 3.8) is 0 Å². The van der Waals surface area contributed by atoms with Crippen LogP contribution in [0.3, 0.4) is 0 Å². The highest BCUT2D eigenvalue weighted by Crippen LogP contribution is 2.23. The number of hydrogen-bond donors (Lipinski definition) is 0. The Morgan fingerprint density at radius 2 is 1.53 bits per heavy atom. The first-order valence-electron chi connectivity index (χ1n) is 5.88. The molecule has 0 amide bonds. The third-order valence-electron chi connectivity index (χ3n) is 3.17. The molecule has 0 N–H and O–H groups in total. The molecule has 0 aliphatic rings. The zero-order valence-electron chi connectivity index (χ0n) is 10.5. The number of benzene rings is 2. The highest BCUT2D eigenvalue weighted by Gasteiger charge is 2.07. The molecule has 0 bridgehead atoms. The Morgan fingerprint density at radius 3 is 2.12 bits per heavy atom. The maximum absolute atomic E-state index is 6.21. The van der Waals surface area contributed by atoms with E-state index in [-0.39, 0.29) is 0 Å². The molecule has 0 saturated heterocycles. The van der Waals surface area contributed by atoms with Gasteiger partial charge in [0.15, 0.2) is 0 Å². The molecular weight excluding hydrogens is 228 g/mol. The summed E-state index contributed by atoms with van der Waals surface area (Å²) in [5.41, 5.74) is 6.61. The molecule has 2 aromatic carbocycles. The standard InChI is InChI=1S/C16H17Cl/c1-11-8-12(2)15(13(3)9-11)10-14-6-4-5-7-16(14)17/h4-9H,10H2,1-3H3. The molecule has 17 heavy (non-hydrogen) atoms. The summed E-state index contributed by atoms with van der Waals surface area (Å²) in [7, 11) is 0. The van der Waals surface area contributed by atoms with Gasteiger partial charge < -0.3 is 0 Å². The van der Waals surface area contributed by atoms with E-state index in [1.165, 1.54) is 27.8 Å². The Morgan fingerprint density at radius 1 is 0.941 bits per heavy atom. The highest BCUT2D eigenvalue weighted by atomic mass is 35.5. The van der Waals surface area contributed by atoms with E-state index < -0.39 is 0 Å². The molecule has 0 aliphatic heterocycles. The largest absolute Gasteiger partial charge is 0.0840 e.